The van der Waals surface area contributed by atoms with Gasteiger partial charge in [-0.05, 0) is 121 Å². The molecule has 0 N–H and O–H groups in total. The van der Waals surface area contributed by atoms with Gasteiger partial charge in [-0.3, -0.25) is 0 Å². The topological polar surface area (TPSA) is 52.1 Å². The second-order valence-corrected chi connectivity index (χ2v) is 15.8. The third-order valence-corrected chi connectivity index (χ3v) is 11.9. The maximum Gasteiger partial charge on any atom is 0.227 e. The quantitative estimate of drug-likeness (QED) is 0.184. The summed E-state index contributed by atoms with van der Waals surface area (Å²) >= 11 is 0. The summed E-state index contributed by atoms with van der Waals surface area (Å²) in [6.45, 7) is 9.53. The van der Waals surface area contributed by atoms with Crippen molar-refractivity contribution in [3.63, 3.8) is 0 Å². The van der Waals surface area contributed by atoms with Crippen molar-refractivity contribution in [1.82, 2.24) is 9.97 Å². The number of nitrogens with zero attached hydrogens (tertiary/aromatic N) is 2. The van der Waals surface area contributed by atoms with E-state index in [-0.39, 0.29) is 10.8 Å². The van der Waals surface area contributed by atoms with Crippen LogP contribution in [0.4, 0.5) is 0 Å². The number of oxazole rings is 2. The van der Waals surface area contributed by atoms with Gasteiger partial charge in [0, 0.05) is 22.0 Å². The van der Waals surface area contributed by atoms with Gasteiger partial charge in [0.25, 0.3) is 0 Å². The molecule has 0 unspecified atom stereocenters. The second-order valence-electron chi connectivity index (χ2n) is 15.8. The molecule has 0 saturated carbocycles. The Morgan fingerprint density at radius 1 is 0.389 bits per heavy atom. The Morgan fingerprint density at radius 3 is 1.63 bits per heavy atom. The number of hydrogen-bond acceptors (Lipinski definition) is 4. The first-order valence-electron chi connectivity index (χ1n) is 18.6. The van der Waals surface area contributed by atoms with Crippen LogP contribution in [0.2, 0.25) is 0 Å². The maximum atomic E-state index is 6.27. The number of aromatic nitrogens is 2. The third kappa shape index (κ3) is 4.43. The average molecular weight is 697 g/mol. The molecule has 0 fully saturated rings. The summed E-state index contributed by atoms with van der Waals surface area (Å²) in [5, 5.41) is 0. The molecule has 0 spiro atoms. The van der Waals surface area contributed by atoms with Crippen LogP contribution < -0.4 is 0 Å². The minimum absolute atomic E-state index is 0.0782. The van der Waals surface area contributed by atoms with E-state index in [9.17, 15) is 0 Å². The monoisotopic (exact) mass is 696 g/mol. The van der Waals surface area contributed by atoms with Crippen LogP contribution in [0.1, 0.15) is 49.9 Å². The van der Waals surface area contributed by atoms with E-state index in [4.69, 9.17) is 18.8 Å². The van der Waals surface area contributed by atoms with E-state index in [1.54, 1.807) is 0 Å². The van der Waals surface area contributed by atoms with Crippen molar-refractivity contribution >= 4 is 22.2 Å². The molecule has 4 nitrogen and oxygen atoms in total. The zero-order valence-electron chi connectivity index (χ0n) is 30.6. The largest absolute Gasteiger partial charge is 0.436 e. The van der Waals surface area contributed by atoms with Gasteiger partial charge in [-0.25, -0.2) is 9.97 Å². The standard InChI is InChI=1S/C50H36N2O2/c1-49(2)39-23-22-36-35-14-5-6-15-38(35)50(3,4)46(36)45(39)37-21-20-31(28-40(37)49)29-12-11-13-30(24-29)32-25-33(47-51-41-16-7-9-18-43(41)53-47)27-34(26-32)48-52-42-17-8-10-19-44(42)54-48/h5-28H,1-4H3. The molecule has 2 heterocycles. The molecule has 4 heteroatoms. The highest BCUT2D eigenvalue weighted by molar-refractivity contribution is 5.95. The first-order valence-corrected chi connectivity index (χ1v) is 18.6. The molecular weight excluding hydrogens is 661 g/mol. The van der Waals surface area contributed by atoms with Crippen LogP contribution in [0.15, 0.2) is 154 Å². The molecule has 2 aromatic heterocycles. The molecule has 258 valence electrons. The van der Waals surface area contributed by atoms with Crippen LogP contribution in [-0.2, 0) is 10.8 Å². The fraction of sp³-hybridized carbons (Fsp3) is 0.120. The highest BCUT2D eigenvalue weighted by Gasteiger charge is 2.44. The average Bonchev–Trinajstić information content (AvgIpc) is 3.95. The van der Waals surface area contributed by atoms with Gasteiger partial charge in [-0.1, -0.05) is 119 Å². The Morgan fingerprint density at radius 2 is 0.944 bits per heavy atom. The Hall–Kier alpha value is -6.52. The number of fused-ring (bicyclic) bond motifs is 9. The van der Waals surface area contributed by atoms with Crippen LogP contribution in [0, 0.1) is 0 Å². The Balaban J connectivity index is 1.03. The number of benzene rings is 7. The van der Waals surface area contributed by atoms with Gasteiger partial charge in [0.05, 0.1) is 0 Å². The summed E-state index contributed by atoms with van der Waals surface area (Å²) in [6, 6.07) is 51.7. The number of para-hydroxylation sites is 4. The SMILES string of the molecule is CC1(C)c2cc(-c3cccc(-c4cc(-c5nc6ccccc6o5)cc(-c5nc6ccccc6o5)c4)c3)ccc2-c2c1ccc1c2C(C)(C)c2ccccc2-1. The van der Waals surface area contributed by atoms with Gasteiger partial charge in [-0.15, -0.1) is 0 Å². The molecule has 11 rings (SSSR count). The Bertz CT molecular complexity index is 2850. The van der Waals surface area contributed by atoms with Gasteiger partial charge in [-0.2, -0.15) is 0 Å². The molecule has 0 amide bonds. The molecule has 9 aromatic rings. The lowest BCUT2D eigenvalue weighted by Gasteiger charge is -2.26. The van der Waals surface area contributed by atoms with Gasteiger partial charge in [0.1, 0.15) is 11.0 Å². The summed E-state index contributed by atoms with van der Waals surface area (Å²) in [6.07, 6.45) is 0. The normalized spacial score (nSPS) is 14.6. The fourth-order valence-corrected chi connectivity index (χ4v) is 9.19. The van der Waals surface area contributed by atoms with Crippen LogP contribution in [0.25, 0.3) is 89.6 Å². The summed E-state index contributed by atoms with van der Waals surface area (Å²) in [5.74, 6) is 1.12. The van der Waals surface area contributed by atoms with E-state index in [1.165, 1.54) is 50.1 Å². The lowest BCUT2D eigenvalue weighted by Crippen LogP contribution is -2.18. The molecule has 0 aliphatic heterocycles. The maximum absolute atomic E-state index is 6.27. The van der Waals surface area contributed by atoms with Gasteiger partial charge in [0.15, 0.2) is 11.2 Å². The Labute approximate surface area is 313 Å². The van der Waals surface area contributed by atoms with E-state index in [1.807, 2.05) is 48.5 Å². The van der Waals surface area contributed by atoms with Crippen molar-refractivity contribution in [2.75, 3.05) is 0 Å². The summed E-state index contributed by atoms with van der Waals surface area (Å²) in [4.78, 5) is 9.70. The molecule has 54 heavy (non-hydrogen) atoms. The van der Waals surface area contributed by atoms with Crippen molar-refractivity contribution < 1.29 is 8.83 Å². The minimum atomic E-state index is -0.138. The number of hydrogen-bond donors (Lipinski definition) is 0. The van der Waals surface area contributed by atoms with Crippen molar-refractivity contribution in [3.8, 4) is 67.4 Å². The zero-order valence-corrected chi connectivity index (χ0v) is 30.6. The van der Waals surface area contributed by atoms with Crippen LogP contribution in [0.5, 0.6) is 0 Å². The van der Waals surface area contributed by atoms with E-state index < -0.39 is 0 Å². The van der Waals surface area contributed by atoms with E-state index in [0.717, 1.165) is 50.0 Å². The smallest absolute Gasteiger partial charge is 0.227 e. The minimum Gasteiger partial charge on any atom is -0.436 e. The predicted molar refractivity (Wildman–Crippen MR) is 218 cm³/mol. The lowest BCUT2D eigenvalue weighted by atomic mass is 9.77. The van der Waals surface area contributed by atoms with Crippen LogP contribution in [-0.4, -0.2) is 9.97 Å². The fourth-order valence-electron chi connectivity index (χ4n) is 9.19. The molecule has 2 aliphatic rings. The molecular formula is C50H36N2O2. The zero-order chi connectivity index (χ0) is 36.3. The molecule has 0 bridgehead atoms. The lowest BCUT2D eigenvalue weighted by molar-refractivity contribution is 0.617. The van der Waals surface area contributed by atoms with Gasteiger partial charge < -0.3 is 8.83 Å². The van der Waals surface area contributed by atoms with Gasteiger partial charge in [0.2, 0.25) is 11.8 Å². The van der Waals surface area contributed by atoms with Crippen molar-refractivity contribution in [2.24, 2.45) is 0 Å². The highest BCUT2D eigenvalue weighted by Crippen LogP contribution is 2.59. The van der Waals surface area contributed by atoms with Crippen LogP contribution in [0.3, 0.4) is 0 Å². The summed E-state index contributed by atoms with van der Waals surface area (Å²) < 4.78 is 12.5. The second kappa shape index (κ2) is 11.0. The molecule has 2 aliphatic carbocycles. The molecule has 0 radical (unpaired) electrons. The predicted octanol–water partition coefficient (Wildman–Crippen LogP) is 13.2. The van der Waals surface area contributed by atoms with Crippen molar-refractivity contribution in [3.05, 3.63) is 168 Å². The van der Waals surface area contributed by atoms with Gasteiger partial charge >= 0.3 is 0 Å². The highest BCUT2D eigenvalue weighted by atomic mass is 16.4. The molecule has 0 saturated heterocycles. The number of rotatable bonds is 4. The van der Waals surface area contributed by atoms with E-state index in [2.05, 4.69) is 125 Å². The summed E-state index contributed by atoms with van der Waals surface area (Å²) in [5.41, 5.74) is 20.3. The van der Waals surface area contributed by atoms with Crippen molar-refractivity contribution in [1.29, 1.82) is 0 Å². The van der Waals surface area contributed by atoms with Crippen molar-refractivity contribution in [2.45, 2.75) is 38.5 Å². The summed E-state index contributed by atoms with van der Waals surface area (Å²) in [7, 11) is 0. The molecule has 7 aromatic carbocycles. The first kappa shape index (κ1) is 31.0. The van der Waals surface area contributed by atoms with E-state index in [0.29, 0.717) is 11.8 Å². The third-order valence-electron chi connectivity index (χ3n) is 11.9. The van der Waals surface area contributed by atoms with E-state index >= 15 is 0 Å². The van der Waals surface area contributed by atoms with Crippen LogP contribution >= 0.6 is 0 Å². The Kier molecular flexibility index (Phi) is 6.33. The first-order chi connectivity index (χ1) is 26.2. The molecule has 0 atom stereocenters.